The van der Waals surface area contributed by atoms with E-state index in [4.69, 9.17) is 51.2 Å². The summed E-state index contributed by atoms with van der Waals surface area (Å²) in [4.78, 5) is 45.1. The van der Waals surface area contributed by atoms with Gasteiger partial charge in [0.15, 0.2) is 14.4 Å². The van der Waals surface area contributed by atoms with E-state index in [1.807, 2.05) is 12.1 Å². The molecule has 0 bridgehead atoms. The molecule has 2 aromatic rings. The Kier molecular flexibility index (Phi) is 46.7. The molecule has 1 fully saturated rings. The number of rotatable bonds is 60. The molecule has 7 atom stereocenters. The van der Waals surface area contributed by atoms with Crippen molar-refractivity contribution in [2.24, 2.45) is 0 Å². The summed E-state index contributed by atoms with van der Waals surface area (Å²) in [6, 6.07) is 17.6. The second-order valence-electron chi connectivity index (χ2n) is 31.7. The smallest absolute Gasteiger partial charge is 0.457 e. The Morgan fingerprint density at radius 3 is 1.28 bits per heavy atom. The van der Waals surface area contributed by atoms with Crippen LogP contribution in [-0.2, 0) is 61.1 Å². The van der Waals surface area contributed by atoms with Crippen LogP contribution in [0.3, 0.4) is 0 Å². The van der Waals surface area contributed by atoms with Crippen LogP contribution in [0.15, 0.2) is 60.7 Å². The maximum atomic E-state index is 15.9. The number of ether oxygens (including phenoxy) is 7. The van der Waals surface area contributed by atoms with Crippen LogP contribution >= 0.6 is 7.82 Å². The molecule has 1 aliphatic rings. The van der Waals surface area contributed by atoms with Crippen molar-refractivity contribution in [2.45, 2.75) is 372 Å². The third-order valence-corrected chi connectivity index (χ3v) is 28.2. The zero-order valence-corrected chi connectivity index (χ0v) is 68.3. The molecule has 0 aromatic heterocycles. The number of amides is 1. The topological polar surface area (TPSA) is 182 Å². The SMILES string of the molecule is CCCCCCCCCCCCCC(=O)N[C@H]1[C@@H](OC(=O)C[C@@H](CCCCCCCCCCC)OCOCC[Si](C)(C)C)O[C@H](CO[Si](C)(C)C(C)(C)C)[C@@H](OP(=O)(Oc2ccccc2)Oc2ccccc2)[C@@H]1OC(=O)C[C@@H](CCCCCCCCCCC)OCOCC[Si](C)(C)C. The van der Waals surface area contributed by atoms with Crippen LogP contribution < -0.4 is 14.4 Å². The summed E-state index contributed by atoms with van der Waals surface area (Å²) in [5.41, 5.74) is 0. The molecule has 20 heteroatoms. The molecule has 2 aromatic carbocycles. The van der Waals surface area contributed by atoms with Gasteiger partial charge in [0.2, 0.25) is 12.2 Å². The summed E-state index contributed by atoms with van der Waals surface area (Å²) >= 11 is 0. The van der Waals surface area contributed by atoms with Gasteiger partial charge >= 0.3 is 19.8 Å². The maximum absolute atomic E-state index is 15.9. The van der Waals surface area contributed by atoms with Crippen molar-refractivity contribution in [1.82, 2.24) is 5.32 Å². The van der Waals surface area contributed by atoms with E-state index >= 15 is 9.36 Å². The fraction of sp³-hybridized carbons (Fsp3) is 0.808. The molecule has 566 valence electrons. The molecule has 16 nitrogen and oxygen atoms in total. The van der Waals surface area contributed by atoms with Gasteiger partial charge in [-0.25, -0.2) is 4.57 Å². The molecule has 3 rings (SSSR count). The quantitative estimate of drug-likeness (QED) is 0.0217. The number of hydrogen-bond donors (Lipinski definition) is 1. The summed E-state index contributed by atoms with van der Waals surface area (Å²) in [5, 5.41) is 2.88. The van der Waals surface area contributed by atoms with E-state index in [1.54, 1.807) is 48.5 Å². The summed E-state index contributed by atoms with van der Waals surface area (Å²) < 4.78 is 87.9. The average molecular weight is 1450 g/mol. The van der Waals surface area contributed by atoms with Crippen LogP contribution in [-0.4, -0.2) is 119 Å². The number of unbranched alkanes of at least 4 members (excludes halogenated alkanes) is 26. The van der Waals surface area contributed by atoms with E-state index in [2.05, 4.69) is 99.2 Å². The van der Waals surface area contributed by atoms with Crippen molar-refractivity contribution in [3.8, 4) is 11.5 Å². The van der Waals surface area contributed by atoms with E-state index in [-0.39, 0.29) is 61.9 Å². The minimum absolute atomic E-state index is 0.00324. The highest BCUT2D eigenvalue weighted by atomic mass is 31.2. The molecule has 1 amide bonds. The average Bonchev–Trinajstić information content (AvgIpc) is 0.769. The lowest BCUT2D eigenvalue weighted by Gasteiger charge is -2.46. The molecule has 0 spiro atoms. The Bertz CT molecular complexity index is 2350. The fourth-order valence-corrected chi connectivity index (χ4v) is 15.4. The minimum atomic E-state index is -4.86. The van der Waals surface area contributed by atoms with Crippen molar-refractivity contribution in [1.29, 1.82) is 0 Å². The number of para-hydroxylation sites is 2. The van der Waals surface area contributed by atoms with Crippen LogP contribution in [0, 0.1) is 0 Å². The van der Waals surface area contributed by atoms with Crippen molar-refractivity contribution in [3.63, 3.8) is 0 Å². The third kappa shape index (κ3) is 42.6. The first-order valence-electron chi connectivity index (χ1n) is 38.9. The summed E-state index contributed by atoms with van der Waals surface area (Å²) in [5.74, 6) is -1.35. The number of hydrogen-bond acceptors (Lipinski definition) is 15. The molecule has 98 heavy (non-hydrogen) atoms. The molecule has 1 saturated heterocycles. The molecular formula is C78H142NO15PSi3. The van der Waals surface area contributed by atoms with Gasteiger partial charge in [0.25, 0.3) is 0 Å². The number of carbonyl (C=O) groups is 3. The lowest BCUT2D eigenvalue weighted by atomic mass is 9.96. The van der Waals surface area contributed by atoms with E-state index < -0.39 is 87.1 Å². The van der Waals surface area contributed by atoms with Crippen molar-refractivity contribution in [3.05, 3.63) is 60.7 Å². The number of nitrogens with one attached hydrogen (secondary N) is 1. The Balaban J connectivity index is 2.23. The van der Waals surface area contributed by atoms with Crippen LogP contribution in [0.1, 0.15) is 260 Å². The zero-order valence-electron chi connectivity index (χ0n) is 64.4. The van der Waals surface area contributed by atoms with E-state index in [1.165, 1.54) is 103 Å². The maximum Gasteiger partial charge on any atom is 0.588 e. The predicted octanol–water partition coefficient (Wildman–Crippen LogP) is 22.0. The van der Waals surface area contributed by atoms with Crippen molar-refractivity contribution >= 4 is 50.1 Å². The first-order chi connectivity index (χ1) is 46.8. The number of benzene rings is 2. The van der Waals surface area contributed by atoms with Gasteiger partial charge in [-0.2, -0.15) is 0 Å². The lowest BCUT2D eigenvalue weighted by Crippen LogP contribution is -2.67. The van der Waals surface area contributed by atoms with Gasteiger partial charge < -0.3 is 51.9 Å². The standard InChI is InChI=1S/C78H142NO15PSi3/c1-15-18-21-24-27-30-31-34-37-40-49-56-71(80)79-74-76(90-72(81)61-68(86-64-84-57-59-96(7,8)9)54-43-38-35-32-28-25-22-19-16-2)75(94-95(83,92-66-50-45-41-46-51-66)93-67-52-47-42-48-53-67)70(63-88-98(13,14)78(4,5)6)89-77(74)91-73(82)62-69(87-65-85-58-60-97(10,11)12)55-44-39-36-33-29-26-23-20-17-3/h41-42,45-48,50-53,68-70,74-77H,15-40,43-44,49,54-65H2,1-14H3,(H,79,80)/t68-,69-,70-,74-,75-,76-,77-/m1/s1. The first kappa shape index (κ1) is 89.3. The van der Waals surface area contributed by atoms with Gasteiger partial charge in [-0.15, -0.1) is 0 Å². The number of phosphoric ester groups is 1. The van der Waals surface area contributed by atoms with Gasteiger partial charge in [-0.3, -0.25) is 18.9 Å². The normalized spacial score (nSPS) is 17.7. The Labute approximate surface area is 600 Å². The first-order valence-corrected chi connectivity index (χ1v) is 50.7. The van der Waals surface area contributed by atoms with Crippen molar-refractivity contribution in [2.75, 3.05) is 33.4 Å². The monoisotopic (exact) mass is 1450 g/mol. The lowest BCUT2D eigenvalue weighted by molar-refractivity contribution is -0.264. The summed E-state index contributed by atoms with van der Waals surface area (Å²) in [7, 11) is -10.3. The highest BCUT2D eigenvalue weighted by Crippen LogP contribution is 2.53. The van der Waals surface area contributed by atoms with Gasteiger partial charge in [0.05, 0.1) is 31.7 Å². The van der Waals surface area contributed by atoms with E-state index in [0.29, 0.717) is 32.5 Å². The van der Waals surface area contributed by atoms with Crippen LogP contribution in [0.5, 0.6) is 11.5 Å². The van der Waals surface area contributed by atoms with Gasteiger partial charge in [0, 0.05) is 35.8 Å². The van der Waals surface area contributed by atoms with Gasteiger partial charge in [-0.05, 0) is 73.7 Å². The Morgan fingerprint density at radius 1 is 0.510 bits per heavy atom. The summed E-state index contributed by atoms with van der Waals surface area (Å²) in [6.45, 7) is 32.0. The van der Waals surface area contributed by atoms with Crippen LogP contribution in [0.4, 0.5) is 0 Å². The predicted molar refractivity (Wildman–Crippen MR) is 408 cm³/mol. The molecular weight excluding hydrogens is 1310 g/mol. The minimum Gasteiger partial charge on any atom is -0.457 e. The van der Waals surface area contributed by atoms with Gasteiger partial charge in [-0.1, -0.05) is 297 Å². The Morgan fingerprint density at radius 2 is 0.888 bits per heavy atom. The summed E-state index contributed by atoms with van der Waals surface area (Å²) in [6.07, 6.45) is 26.4. The molecule has 1 N–H and O–H groups in total. The molecule has 1 aliphatic heterocycles. The highest BCUT2D eigenvalue weighted by molar-refractivity contribution is 7.49. The van der Waals surface area contributed by atoms with Crippen molar-refractivity contribution < 1.29 is 70.1 Å². The highest BCUT2D eigenvalue weighted by Gasteiger charge is 2.55. The largest absolute Gasteiger partial charge is 0.588 e. The zero-order chi connectivity index (χ0) is 72.0. The molecule has 0 unspecified atom stereocenters. The Hall–Kier alpha value is -2.95. The number of carbonyl (C=O) groups excluding carboxylic acids is 3. The van der Waals surface area contributed by atoms with Gasteiger partial charge in [0.1, 0.15) is 43.3 Å². The molecule has 0 radical (unpaired) electrons. The second-order valence-corrected chi connectivity index (χ2v) is 49.2. The third-order valence-electron chi connectivity index (χ3n) is 18.9. The second kappa shape index (κ2) is 51.3. The molecule has 1 heterocycles. The molecule has 0 aliphatic carbocycles. The number of esters is 2. The number of phosphoric acid groups is 1. The fourth-order valence-electron chi connectivity index (χ4n) is 11.5. The van der Waals surface area contributed by atoms with Crippen LogP contribution in [0.2, 0.25) is 69.5 Å². The molecule has 0 saturated carbocycles. The van der Waals surface area contributed by atoms with E-state index in [0.717, 1.165) is 89.1 Å². The van der Waals surface area contributed by atoms with Crippen LogP contribution in [0.25, 0.3) is 0 Å². The van der Waals surface area contributed by atoms with E-state index in [9.17, 15) is 9.59 Å².